The second-order valence-corrected chi connectivity index (χ2v) is 8.21. The zero-order valence-electron chi connectivity index (χ0n) is 14.0. The monoisotopic (exact) mass is 410 g/mol. The van der Waals surface area contributed by atoms with E-state index in [1.807, 2.05) is 0 Å². The average Bonchev–Trinajstić information content (AvgIpc) is 3.18. The summed E-state index contributed by atoms with van der Waals surface area (Å²) < 4.78 is 31.9. The highest BCUT2D eigenvalue weighted by Gasteiger charge is 2.30. The van der Waals surface area contributed by atoms with Gasteiger partial charge >= 0.3 is 5.97 Å². The Balaban J connectivity index is 1.84. The van der Waals surface area contributed by atoms with Crippen molar-refractivity contribution in [2.75, 3.05) is 13.1 Å². The van der Waals surface area contributed by atoms with Gasteiger partial charge in [0.2, 0.25) is 10.0 Å². The largest absolute Gasteiger partial charge is 0.423 e. The molecule has 2 aromatic carbocycles. The van der Waals surface area contributed by atoms with Crippen molar-refractivity contribution in [2.24, 2.45) is 0 Å². The molecule has 0 amide bonds. The number of hydrogen-bond acceptors (Lipinski definition) is 6. The molecule has 1 fully saturated rings. The van der Waals surface area contributed by atoms with Crippen molar-refractivity contribution in [3.8, 4) is 5.75 Å². The number of non-ortho nitro benzene ring substituents is 1. The number of carbonyl (C=O) groups is 1. The van der Waals surface area contributed by atoms with Crippen molar-refractivity contribution in [3.05, 3.63) is 63.2 Å². The van der Waals surface area contributed by atoms with Crippen LogP contribution >= 0.6 is 11.6 Å². The van der Waals surface area contributed by atoms with Gasteiger partial charge in [-0.05, 0) is 43.2 Å². The molecule has 1 heterocycles. The highest BCUT2D eigenvalue weighted by Crippen LogP contribution is 2.28. The highest BCUT2D eigenvalue weighted by atomic mass is 35.5. The Labute approximate surface area is 160 Å². The number of benzene rings is 2. The van der Waals surface area contributed by atoms with Gasteiger partial charge in [-0.15, -0.1) is 0 Å². The first-order valence-electron chi connectivity index (χ1n) is 8.05. The van der Waals surface area contributed by atoms with Crippen LogP contribution in [0.5, 0.6) is 5.75 Å². The molecule has 0 spiro atoms. The highest BCUT2D eigenvalue weighted by molar-refractivity contribution is 7.89. The van der Waals surface area contributed by atoms with Gasteiger partial charge in [-0.2, -0.15) is 4.31 Å². The zero-order valence-corrected chi connectivity index (χ0v) is 15.6. The minimum atomic E-state index is -3.79. The number of hydrogen-bond donors (Lipinski definition) is 0. The van der Waals surface area contributed by atoms with E-state index in [4.69, 9.17) is 16.3 Å². The number of nitro benzene ring substituents is 1. The summed E-state index contributed by atoms with van der Waals surface area (Å²) >= 11 is 6.05. The third-order valence-electron chi connectivity index (χ3n) is 4.11. The van der Waals surface area contributed by atoms with Crippen molar-refractivity contribution in [2.45, 2.75) is 17.7 Å². The summed E-state index contributed by atoms with van der Waals surface area (Å²) in [6.45, 7) is 0.826. The lowest BCUT2D eigenvalue weighted by Gasteiger charge is -2.17. The van der Waals surface area contributed by atoms with E-state index in [2.05, 4.69) is 0 Å². The van der Waals surface area contributed by atoms with Gasteiger partial charge in [0.15, 0.2) is 0 Å². The van der Waals surface area contributed by atoms with Crippen LogP contribution in [0, 0.1) is 10.1 Å². The predicted molar refractivity (Wildman–Crippen MR) is 97.5 cm³/mol. The molecule has 1 saturated heterocycles. The summed E-state index contributed by atoms with van der Waals surface area (Å²) in [6.07, 6.45) is 1.55. The Morgan fingerprint density at radius 3 is 2.33 bits per heavy atom. The quantitative estimate of drug-likeness (QED) is 0.324. The minimum absolute atomic E-state index is 0.00975. The van der Waals surface area contributed by atoms with E-state index in [1.165, 1.54) is 46.8 Å². The summed E-state index contributed by atoms with van der Waals surface area (Å²) in [5.74, 6) is -0.692. The molecule has 0 unspecified atom stereocenters. The standard InChI is InChI=1S/C17H15ClN2O6S/c18-15-8-3-12(11-16(15)27(24,25)19-9-1-2-10-19)17(21)26-14-6-4-13(5-7-14)20(22)23/h3-8,11H,1-2,9-10H2. The second kappa shape index (κ2) is 7.63. The summed E-state index contributed by atoms with van der Waals surface area (Å²) in [5, 5.41) is 10.7. The smallest absolute Gasteiger partial charge is 0.343 e. The Bertz CT molecular complexity index is 985. The molecule has 0 saturated carbocycles. The minimum Gasteiger partial charge on any atom is -0.423 e. The van der Waals surface area contributed by atoms with Gasteiger partial charge in [-0.1, -0.05) is 11.6 Å². The molecule has 1 aliphatic heterocycles. The van der Waals surface area contributed by atoms with E-state index in [9.17, 15) is 23.3 Å². The summed E-state index contributed by atoms with van der Waals surface area (Å²) in [7, 11) is -3.79. The molecule has 3 rings (SSSR count). The van der Waals surface area contributed by atoms with Crippen molar-refractivity contribution >= 4 is 33.3 Å². The second-order valence-electron chi connectivity index (χ2n) is 5.90. The number of nitrogens with zero attached hydrogens (tertiary/aromatic N) is 2. The van der Waals surface area contributed by atoms with Gasteiger partial charge in [0.05, 0.1) is 15.5 Å². The molecule has 0 aromatic heterocycles. The van der Waals surface area contributed by atoms with Crippen LogP contribution in [0.15, 0.2) is 47.4 Å². The van der Waals surface area contributed by atoms with Crippen molar-refractivity contribution in [3.63, 3.8) is 0 Å². The number of ether oxygens (including phenoxy) is 1. The molecule has 2 aromatic rings. The lowest BCUT2D eigenvalue weighted by Crippen LogP contribution is -2.28. The third-order valence-corrected chi connectivity index (χ3v) is 6.49. The van der Waals surface area contributed by atoms with Crippen LogP contribution in [0.3, 0.4) is 0 Å². The van der Waals surface area contributed by atoms with E-state index in [-0.39, 0.29) is 26.9 Å². The van der Waals surface area contributed by atoms with Crippen LogP contribution in [0.1, 0.15) is 23.2 Å². The third kappa shape index (κ3) is 4.10. The van der Waals surface area contributed by atoms with E-state index >= 15 is 0 Å². The Morgan fingerprint density at radius 2 is 1.74 bits per heavy atom. The van der Waals surface area contributed by atoms with E-state index in [0.29, 0.717) is 13.1 Å². The van der Waals surface area contributed by atoms with Crippen LogP contribution < -0.4 is 4.74 Å². The van der Waals surface area contributed by atoms with E-state index < -0.39 is 20.9 Å². The van der Waals surface area contributed by atoms with Crippen molar-refractivity contribution in [1.29, 1.82) is 0 Å². The zero-order chi connectivity index (χ0) is 19.6. The molecule has 0 radical (unpaired) electrons. The first-order valence-corrected chi connectivity index (χ1v) is 9.87. The summed E-state index contributed by atoms with van der Waals surface area (Å²) in [5.41, 5.74) is -0.129. The molecule has 0 atom stereocenters. The molecular weight excluding hydrogens is 396 g/mol. The predicted octanol–water partition coefficient (Wildman–Crippen LogP) is 3.25. The summed E-state index contributed by atoms with van der Waals surface area (Å²) in [6, 6.07) is 8.85. The van der Waals surface area contributed by atoms with Gasteiger partial charge in [0, 0.05) is 25.2 Å². The molecule has 0 bridgehead atoms. The van der Waals surface area contributed by atoms with Crippen LogP contribution in [-0.4, -0.2) is 36.7 Å². The maximum Gasteiger partial charge on any atom is 0.343 e. The van der Waals surface area contributed by atoms with Gasteiger partial charge in [0.25, 0.3) is 5.69 Å². The molecule has 1 aliphatic rings. The molecule has 0 aliphatic carbocycles. The van der Waals surface area contributed by atoms with Crippen molar-refractivity contribution < 1.29 is 22.9 Å². The van der Waals surface area contributed by atoms with Gasteiger partial charge in [-0.25, -0.2) is 13.2 Å². The molecule has 142 valence electrons. The van der Waals surface area contributed by atoms with Gasteiger partial charge < -0.3 is 4.74 Å². The fourth-order valence-corrected chi connectivity index (χ4v) is 4.71. The lowest BCUT2D eigenvalue weighted by molar-refractivity contribution is -0.384. The normalized spacial score (nSPS) is 14.9. The Morgan fingerprint density at radius 1 is 1.11 bits per heavy atom. The number of nitro groups is 1. The van der Waals surface area contributed by atoms with E-state index in [0.717, 1.165) is 12.8 Å². The maximum absolute atomic E-state index is 12.7. The van der Waals surface area contributed by atoms with Crippen molar-refractivity contribution in [1.82, 2.24) is 4.31 Å². The van der Waals surface area contributed by atoms with Crippen LogP contribution in [-0.2, 0) is 10.0 Å². The average molecular weight is 411 g/mol. The fraction of sp³-hybridized carbons (Fsp3) is 0.235. The van der Waals surface area contributed by atoms with Gasteiger partial charge in [-0.3, -0.25) is 10.1 Å². The Kier molecular flexibility index (Phi) is 5.45. The first-order chi connectivity index (χ1) is 12.8. The number of carbonyl (C=O) groups excluding carboxylic acids is 1. The summed E-state index contributed by atoms with van der Waals surface area (Å²) in [4.78, 5) is 22.3. The molecular formula is C17H15ClN2O6S. The van der Waals surface area contributed by atoms with Crippen LogP contribution in [0.2, 0.25) is 5.02 Å². The molecule has 10 heteroatoms. The van der Waals surface area contributed by atoms with Crippen LogP contribution in [0.25, 0.3) is 0 Å². The van der Waals surface area contributed by atoms with E-state index in [1.54, 1.807) is 0 Å². The first kappa shape index (κ1) is 19.3. The van der Waals surface area contributed by atoms with Crippen LogP contribution in [0.4, 0.5) is 5.69 Å². The Hall–Kier alpha value is -2.49. The molecule has 27 heavy (non-hydrogen) atoms. The SMILES string of the molecule is O=C(Oc1ccc([N+](=O)[O-])cc1)c1ccc(Cl)c(S(=O)(=O)N2CCCC2)c1. The number of sulfonamides is 1. The number of esters is 1. The number of rotatable bonds is 5. The van der Waals surface area contributed by atoms with Gasteiger partial charge in [0.1, 0.15) is 10.6 Å². The maximum atomic E-state index is 12.7. The fourth-order valence-electron chi connectivity index (χ4n) is 2.70. The molecule has 8 nitrogen and oxygen atoms in total. The number of halogens is 1. The topological polar surface area (TPSA) is 107 Å². The lowest BCUT2D eigenvalue weighted by atomic mass is 10.2. The molecule has 0 N–H and O–H groups in total.